The number of H-pyrrole nitrogens is 1. The molecule has 2 N–H and O–H groups in total. The molecule has 2 heterocycles. The van der Waals surface area contributed by atoms with Gasteiger partial charge in [0.15, 0.2) is 0 Å². The van der Waals surface area contributed by atoms with E-state index in [0.29, 0.717) is 16.2 Å². The van der Waals surface area contributed by atoms with Crippen LogP contribution in [0.15, 0.2) is 27.8 Å². The normalized spacial score (nSPS) is 13.2. The third-order valence-corrected chi connectivity index (χ3v) is 4.17. The average Bonchev–Trinajstić information content (AvgIpc) is 2.84. The molecule has 1 unspecified atom stereocenters. The van der Waals surface area contributed by atoms with Crippen LogP contribution in [0.5, 0.6) is 0 Å². The molecule has 0 aliphatic rings. The quantitative estimate of drug-likeness (QED) is 0.912. The van der Waals surface area contributed by atoms with E-state index < -0.39 is 28.3 Å². The Morgan fingerprint density at radius 3 is 2.57 bits per heavy atom. The van der Waals surface area contributed by atoms with E-state index in [2.05, 4.69) is 10.3 Å². The van der Waals surface area contributed by atoms with E-state index in [0.717, 1.165) is 6.07 Å². The lowest BCUT2D eigenvalue weighted by molar-refractivity contribution is -0.134. The van der Waals surface area contributed by atoms with Crippen molar-refractivity contribution in [2.75, 3.05) is 5.32 Å². The standard InChI is InChI=1S/C12H12F3N3O2S/c1-6(7-3-4-8(21-7)12(13,14)15)16-9-5-10(19)17-11(20)18(9)2/h3-6,16H,1-2H3,(H,17,19,20). The van der Waals surface area contributed by atoms with Crippen LogP contribution in [0.25, 0.3) is 0 Å². The molecule has 0 fully saturated rings. The van der Waals surface area contributed by atoms with E-state index >= 15 is 0 Å². The van der Waals surface area contributed by atoms with Gasteiger partial charge in [0.05, 0.1) is 6.04 Å². The van der Waals surface area contributed by atoms with Gasteiger partial charge in [-0.1, -0.05) is 0 Å². The fourth-order valence-electron chi connectivity index (χ4n) is 1.73. The van der Waals surface area contributed by atoms with Crippen molar-refractivity contribution < 1.29 is 13.2 Å². The van der Waals surface area contributed by atoms with E-state index in [9.17, 15) is 22.8 Å². The molecule has 0 aromatic carbocycles. The third-order valence-electron chi connectivity index (χ3n) is 2.86. The lowest BCUT2D eigenvalue weighted by Gasteiger charge is -2.15. The van der Waals surface area contributed by atoms with Crippen molar-refractivity contribution in [3.63, 3.8) is 0 Å². The first kappa shape index (κ1) is 15.4. The van der Waals surface area contributed by atoms with E-state index in [-0.39, 0.29) is 5.82 Å². The summed E-state index contributed by atoms with van der Waals surface area (Å²) in [5.74, 6) is 0.234. The van der Waals surface area contributed by atoms with Crippen LogP contribution in [0.1, 0.15) is 22.7 Å². The number of aromatic amines is 1. The SMILES string of the molecule is CC(Nc1cc(=O)[nH]c(=O)n1C)c1ccc(C(F)(F)F)s1. The molecular formula is C12H12F3N3O2S. The molecule has 2 aromatic heterocycles. The molecule has 21 heavy (non-hydrogen) atoms. The second-order valence-electron chi connectivity index (χ2n) is 4.45. The summed E-state index contributed by atoms with van der Waals surface area (Å²) >= 11 is 0.621. The molecule has 0 saturated heterocycles. The van der Waals surface area contributed by atoms with Gasteiger partial charge in [0.25, 0.3) is 5.56 Å². The van der Waals surface area contributed by atoms with E-state index in [1.165, 1.54) is 23.7 Å². The Morgan fingerprint density at radius 2 is 2.00 bits per heavy atom. The molecule has 1 atom stereocenters. The molecule has 0 amide bonds. The lowest BCUT2D eigenvalue weighted by Crippen LogP contribution is -2.30. The number of hydrogen-bond acceptors (Lipinski definition) is 4. The number of hydrogen-bond donors (Lipinski definition) is 2. The Kier molecular flexibility index (Phi) is 3.95. The van der Waals surface area contributed by atoms with Gasteiger partial charge in [0, 0.05) is 18.0 Å². The zero-order valence-corrected chi connectivity index (χ0v) is 11.9. The van der Waals surface area contributed by atoms with Crippen LogP contribution in [0.3, 0.4) is 0 Å². The Bertz CT molecular complexity index is 760. The summed E-state index contributed by atoms with van der Waals surface area (Å²) in [6, 6.07) is 3.08. The van der Waals surface area contributed by atoms with Gasteiger partial charge in [0.2, 0.25) is 0 Å². The molecule has 2 aromatic rings. The molecule has 114 valence electrons. The minimum Gasteiger partial charge on any atom is -0.364 e. The summed E-state index contributed by atoms with van der Waals surface area (Å²) in [5, 5.41) is 2.86. The maximum Gasteiger partial charge on any atom is 0.425 e. The Balaban J connectivity index is 2.26. The van der Waals surface area contributed by atoms with E-state index in [1.54, 1.807) is 6.92 Å². The van der Waals surface area contributed by atoms with Gasteiger partial charge in [-0.3, -0.25) is 14.3 Å². The lowest BCUT2D eigenvalue weighted by atomic mass is 10.2. The van der Waals surface area contributed by atoms with Crippen molar-refractivity contribution in [3.05, 3.63) is 48.8 Å². The molecule has 0 saturated carbocycles. The zero-order valence-electron chi connectivity index (χ0n) is 11.1. The first-order chi connectivity index (χ1) is 9.68. The highest BCUT2D eigenvalue weighted by atomic mass is 32.1. The second kappa shape index (κ2) is 5.40. The highest BCUT2D eigenvalue weighted by molar-refractivity contribution is 7.12. The molecule has 9 heteroatoms. The van der Waals surface area contributed by atoms with Crippen LogP contribution in [0, 0.1) is 0 Å². The van der Waals surface area contributed by atoms with Gasteiger partial charge < -0.3 is 5.32 Å². The number of thiophene rings is 1. The van der Waals surface area contributed by atoms with Crippen LogP contribution in [-0.4, -0.2) is 9.55 Å². The van der Waals surface area contributed by atoms with Gasteiger partial charge >= 0.3 is 11.9 Å². The number of nitrogens with zero attached hydrogens (tertiary/aromatic N) is 1. The van der Waals surface area contributed by atoms with Crippen LogP contribution < -0.4 is 16.6 Å². The molecular weight excluding hydrogens is 307 g/mol. The van der Waals surface area contributed by atoms with Crippen molar-refractivity contribution >= 4 is 17.2 Å². The minimum absolute atomic E-state index is 0.234. The number of rotatable bonds is 3. The van der Waals surface area contributed by atoms with Crippen molar-refractivity contribution in [1.29, 1.82) is 0 Å². The van der Waals surface area contributed by atoms with E-state index in [1.807, 2.05) is 0 Å². The summed E-state index contributed by atoms with van der Waals surface area (Å²) in [4.78, 5) is 24.5. The monoisotopic (exact) mass is 319 g/mol. The van der Waals surface area contributed by atoms with Gasteiger partial charge in [-0.05, 0) is 19.1 Å². The summed E-state index contributed by atoms with van der Waals surface area (Å²) in [6.07, 6.45) is -4.38. The Hall–Kier alpha value is -2.03. The smallest absolute Gasteiger partial charge is 0.364 e. The summed E-state index contributed by atoms with van der Waals surface area (Å²) in [7, 11) is 1.45. The third kappa shape index (κ3) is 3.35. The van der Waals surface area contributed by atoms with Gasteiger partial charge in [-0.15, -0.1) is 11.3 Å². The summed E-state index contributed by atoms with van der Waals surface area (Å²) < 4.78 is 38.9. The summed E-state index contributed by atoms with van der Waals surface area (Å²) in [6.45, 7) is 1.65. The molecule has 2 rings (SSSR count). The first-order valence-corrected chi connectivity index (χ1v) is 6.74. The highest BCUT2D eigenvalue weighted by Crippen LogP contribution is 2.36. The van der Waals surface area contributed by atoms with Gasteiger partial charge in [-0.25, -0.2) is 4.79 Å². The predicted molar refractivity (Wildman–Crippen MR) is 73.7 cm³/mol. The van der Waals surface area contributed by atoms with Crippen LogP contribution >= 0.6 is 11.3 Å². The Morgan fingerprint density at radius 1 is 1.33 bits per heavy atom. The van der Waals surface area contributed by atoms with Gasteiger partial charge in [0.1, 0.15) is 10.7 Å². The second-order valence-corrected chi connectivity index (χ2v) is 5.56. The molecule has 0 radical (unpaired) electrons. The first-order valence-electron chi connectivity index (χ1n) is 5.92. The Labute approximate surface area is 121 Å². The fourth-order valence-corrected chi connectivity index (χ4v) is 2.60. The van der Waals surface area contributed by atoms with Crippen molar-refractivity contribution in [3.8, 4) is 0 Å². The van der Waals surface area contributed by atoms with E-state index in [4.69, 9.17) is 0 Å². The molecule has 0 aliphatic heterocycles. The fraction of sp³-hybridized carbons (Fsp3) is 0.333. The van der Waals surface area contributed by atoms with Crippen molar-refractivity contribution in [1.82, 2.24) is 9.55 Å². The number of aromatic nitrogens is 2. The predicted octanol–water partition coefficient (Wildman–Crippen LogP) is 2.33. The zero-order chi connectivity index (χ0) is 15.8. The number of nitrogens with one attached hydrogen (secondary N) is 2. The number of alkyl halides is 3. The molecule has 0 spiro atoms. The maximum atomic E-state index is 12.6. The number of halogens is 3. The van der Waals surface area contributed by atoms with Gasteiger partial charge in [-0.2, -0.15) is 13.2 Å². The van der Waals surface area contributed by atoms with Crippen LogP contribution in [0.4, 0.5) is 19.0 Å². The van der Waals surface area contributed by atoms with Crippen LogP contribution in [0.2, 0.25) is 0 Å². The minimum atomic E-state index is -4.38. The summed E-state index contributed by atoms with van der Waals surface area (Å²) in [5.41, 5.74) is -1.17. The molecule has 5 nitrogen and oxygen atoms in total. The maximum absolute atomic E-state index is 12.6. The van der Waals surface area contributed by atoms with Crippen molar-refractivity contribution in [2.45, 2.75) is 19.1 Å². The average molecular weight is 319 g/mol. The largest absolute Gasteiger partial charge is 0.425 e. The molecule has 0 aliphatic carbocycles. The molecule has 0 bridgehead atoms. The van der Waals surface area contributed by atoms with Crippen LogP contribution in [-0.2, 0) is 13.2 Å². The number of anilines is 1. The van der Waals surface area contributed by atoms with Crippen molar-refractivity contribution in [2.24, 2.45) is 7.05 Å². The topological polar surface area (TPSA) is 66.9 Å². The highest BCUT2D eigenvalue weighted by Gasteiger charge is 2.32.